The van der Waals surface area contributed by atoms with Crippen LogP contribution in [0.25, 0.3) is 0 Å². The van der Waals surface area contributed by atoms with Gasteiger partial charge in [0.15, 0.2) is 9.84 Å². The van der Waals surface area contributed by atoms with Crippen LogP contribution in [0.2, 0.25) is 0 Å². The van der Waals surface area contributed by atoms with Gasteiger partial charge in [0.05, 0.1) is 17.2 Å². The quantitative estimate of drug-likeness (QED) is 0.837. The lowest BCUT2D eigenvalue weighted by Gasteiger charge is -2.12. The molecule has 1 aromatic carbocycles. The van der Waals surface area contributed by atoms with Gasteiger partial charge in [-0.1, -0.05) is 15.9 Å². The van der Waals surface area contributed by atoms with Gasteiger partial charge in [-0.15, -0.1) is 0 Å². The molecular weight excluding hydrogens is 306 g/mol. The van der Waals surface area contributed by atoms with Crippen molar-refractivity contribution in [2.45, 2.75) is 11.8 Å². The van der Waals surface area contributed by atoms with Crippen molar-refractivity contribution in [1.29, 1.82) is 0 Å². The highest BCUT2D eigenvalue weighted by atomic mass is 79.9. The first-order valence-corrected chi connectivity index (χ1v) is 7.70. The molecule has 0 bridgehead atoms. The average molecular weight is 318 g/mol. The van der Waals surface area contributed by atoms with E-state index in [1.165, 1.54) is 6.26 Å². The van der Waals surface area contributed by atoms with Crippen molar-refractivity contribution in [2.24, 2.45) is 4.99 Å². The molecule has 0 fully saturated rings. The number of aliphatic imine (C=N–C) groups is 1. The molecule has 1 aliphatic rings. The Morgan fingerprint density at radius 3 is 2.65 bits per heavy atom. The molecule has 2 rings (SSSR count). The molecule has 17 heavy (non-hydrogen) atoms. The molecule has 0 aliphatic carbocycles. The molecule has 0 saturated heterocycles. The van der Waals surface area contributed by atoms with Crippen molar-refractivity contribution in [3.05, 3.63) is 27.7 Å². The molecule has 0 unspecified atom stereocenters. The van der Waals surface area contributed by atoms with Crippen LogP contribution in [0.5, 0.6) is 0 Å². The molecule has 0 atom stereocenters. The molecular formula is C11H12BrNO3S. The highest BCUT2D eigenvalue weighted by Crippen LogP contribution is 2.28. The number of ether oxygens (including phenoxy) is 1. The zero-order valence-corrected chi connectivity index (χ0v) is 11.9. The number of nitrogens with zero attached hydrogens (tertiary/aromatic N) is 1. The van der Waals surface area contributed by atoms with Gasteiger partial charge in [0.2, 0.25) is 0 Å². The Hall–Kier alpha value is -0.720. The van der Waals surface area contributed by atoms with Gasteiger partial charge in [0.1, 0.15) is 6.73 Å². The zero-order valence-electron chi connectivity index (χ0n) is 9.53. The Kier molecular flexibility index (Phi) is 3.38. The van der Waals surface area contributed by atoms with Crippen molar-refractivity contribution >= 4 is 31.5 Å². The van der Waals surface area contributed by atoms with E-state index >= 15 is 0 Å². The molecule has 1 aliphatic heterocycles. The number of hydrogen-bond acceptors (Lipinski definition) is 4. The highest BCUT2D eigenvalue weighted by molar-refractivity contribution is 9.10. The van der Waals surface area contributed by atoms with Crippen molar-refractivity contribution < 1.29 is 13.2 Å². The van der Waals surface area contributed by atoms with Crippen LogP contribution < -0.4 is 0 Å². The van der Waals surface area contributed by atoms with Crippen LogP contribution in [0, 0.1) is 6.92 Å². The monoisotopic (exact) mass is 317 g/mol. The fraction of sp³-hybridized carbons (Fsp3) is 0.364. The third kappa shape index (κ3) is 2.43. The Morgan fingerprint density at radius 1 is 1.41 bits per heavy atom. The summed E-state index contributed by atoms with van der Waals surface area (Å²) in [5, 5.41) is 0. The van der Waals surface area contributed by atoms with E-state index in [0.29, 0.717) is 29.5 Å². The fourth-order valence-corrected chi connectivity index (χ4v) is 3.08. The molecule has 0 radical (unpaired) electrons. The third-order valence-electron chi connectivity index (χ3n) is 2.63. The number of rotatable bonds is 2. The topological polar surface area (TPSA) is 55.7 Å². The first-order valence-electron chi connectivity index (χ1n) is 5.02. The molecule has 0 saturated carbocycles. The van der Waals surface area contributed by atoms with Gasteiger partial charge in [0, 0.05) is 16.3 Å². The van der Waals surface area contributed by atoms with E-state index in [1.807, 2.05) is 6.92 Å². The summed E-state index contributed by atoms with van der Waals surface area (Å²) in [5.74, 6) is 0. The number of halogens is 1. The first-order chi connectivity index (χ1) is 7.91. The Labute approximate surface area is 109 Å². The lowest BCUT2D eigenvalue weighted by molar-refractivity contribution is 0.202. The average Bonchev–Trinajstić information content (AvgIpc) is 2.73. The maximum absolute atomic E-state index is 11.8. The summed E-state index contributed by atoms with van der Waals surface area (Å²) in [6, 6.07) is 3.34. The number of sulfone groups is 1. The highest BCUT2D eigenvalue weighted by Gasteiger charge is 2.22. The van der Waals surface area contributed by atoms with Crippen LogP contribution in [0.15, 0.2) is 26.5 Å². The van der Waals surface area contributed by atoms with E-state index in [1.54, 1.807) is 12.1 Å². The van der Waals surface area contributed by atoms with E-state index < -0.39 is 9.84 Å². The maximum atomic E-state index is 11.8. The minimum absolute atomic E-state index is 0.296. The Morgan fingerprint density at radius 2 is 2.12 bits per heavy atom. The van der Waals surface area contributed by atoms with Gasteiger partial charge in [-0.05, 0) is 24.6 Å². The van der Waals surface area contributed by atoms with Gasteiger partial charge in [-0.25, -0.2) is 8.42 Å². The van der Waals surface area contributed by atoms with E-state index in [0.717, 1.165) is 10.0 Å². The van der Waals surface area contributed by atoms with E-state index in [4.69, 9.17) is 4.74 Å². The maximum Gasteiger partial charge on any atom is 0.176 e. The van der Waals surface area contributed by atoms with Crippen molar-refractivity contribution in [3.8, 4) is 0 Å². The third-order valence-corrected chi connectivity index (χ3v) is 4.63. The van der Waals surface area contributed by atoms with E-state index in [2.05, 4.69) is 20.9 Å². The fourth-order valence-electron chi connectivity index (χ4n) is 1.79. The number of benzene rings is 1. The summed E-state index contributed by atoms with van der Waals surface area (Å²) in [6.07, 6.45) is 1.20. The van der Waals surface area contributed by atoms with E-state index in [-0.39, 0.29) is 0 Å². The first kappa shape index (κ1) is 12.7. The summed E-state index contributed by atoms with van der Waals surface area (Å²) in [4.78, 5) is 4.50. The summed E-state index contributed by atoms with van der Waals surface area (Å²) in [7, 11) is -3.27. The van der Waals surface area contributed by atoms with Crippen LogP contribution in [0.4, 0.5) is 0 Å². The van der Waals surface area contributed by atoms with Crippen LogP contribution in [0.3, 0.4) is 0 Å². The minimum Gasteiger partial charge on any atom is -0.353 e. The standard InChI is InChI=1S/C11H12BrNO3S/c1-7-8(12)3-4-10(17(2,14)15)11(7)9-5-16-6-13-9/h3-4H,5-6H2,1-2H3. The SMILES string of the molecule is Cc1c(Br)ccc(S(C)(=O)=O)c1C1=NCOC1. The van der Waals surface area contributed by atoms with Gasteiger partial charge in [-0.3, -0.25) is 4.99 Å². The van der Waals surface area contributed by atoms with E-state index in [9.17, 15) is 8.42 Å². The molecule has 4 nitrogen and oxygen atoms in total. The summed E-state index contributed by atoms with van der Waals surface area (Å²) >= 11 is 3.40. The van der Waals surface area contributed by atoms with Crippen LogP contribution in [-0.2, 0) is 14.6 Å². The molecule has 92 valence electrons. The Balaban J connectivity index is 2.73. The lowest BCUT2D eigenvalue weighted by atomic mass is 10.0. The number of hydrogen-bond donors (Lipinski definition) is 0. The van der Waals surface area contributed by atoms with Crippen LogP contribution in [0.1, 0.15) is 11.1 Å². The second-order valence-corrected chi connectivity index (χ2v) is 6.74. The minimum atomic E-state index is -3.27. The second kappa shape index (κ2) is 4.51. The molecule has 0 amide bonds. The normalized spacial score (nSPS) is 16.1. The second-order valence-electron chi connectivity index (χ2n) is 3.90. The predicted molar refractivity (Wildman–Crippen MR) is 69.3 cm³/mol. The molecule has 1 aromatic rings. The van der Waals surface area contributed by atoms with Gasteiger partial charge in [0.25, 0.3) is 0 Å². The summed E-state index contributed by atoms with van der Waals surface area (Å²) in [6.45, 7) is 2.53. The molecule has 0 N–H and O–H groups in total. The van der Waals surface area contributed by atoms with Gasteiger partial charge in [-0.2, -0.15) is 0 Å². The molecule has 6 heteroatoms. The van der Waals surface area contributed by atoms with Gasteiger partial charge < -0.3 is 4.74 Å². The van der Waals surface area contributed by atoms with Crippen molar-refractivity contribution in [3.63, 3.8) is 0 Å². The zero-order chi connectivity index (χ0) is 12.6. The van der Waals surface area contributed by atoms with Crippen LogP contribution in [-0.4, -0.2) is 33.7 Å². The van der Waals surface area contributed by atoms with Crippen molar-refractivity contribution in [1.82, 2.24) is 0 Å². The smallest absolute Gasteiger partial charge is 0.176 e. The molecule has 0 spiro atoms. The Bertz CT molecular complexity index is 593. The lowest BCUT2D eigenvalue weighted by Crippen LogP contribution is -2.12. The molecule has 0 aromatic heterocycles. The molecule has 1 heterocycles. The summed E-state index contributed by atoms with van der Waals surface area (Å²) < 4.78 is 29.6. The predicted octanol–water partition coefficient (Wildman–Crippen LogP) is 1.94. The van der Waals surface area contributed by atoms with Crippen molar-refractivity contribution in [2.75, 3.05) is 19.6 Å². The summed E-state index contributed by atoms with van der Waals surface area (Å²) in [5.41, 5.74) is 2.24. The van der Waals surface area contributed by atoms with Gasteiger partial charge >= 0.3 is 0 Å². The van der Waals surface area contributed by atoms with Crippen LogP contribution >= 0.6 is 15.9 Å². The largest absolute Gasteiger partial charge is 0.353 e.